The topological polar surface area (TPSA) is 64.8 Å². The van der Waals surface area contributed by atoms with E-state index in [1.807, 2.05) is 11.8 Å². The van der Waals surface area contributed by atoms with E-state index in [1.165, 1.54) is 0 Å². The van der Waals surface area contributed by atoms with Crippen LogP contribution < -0.4 is 0 Å². The monoisotopic (exact) mass is 322 g/mol. The molecule has 1 amide bonds. The summed E-state index contributed by atoms with van der Waals surface area (Å²) >= 11 is 0. The molecule has 2 unspecified atom stereocenters. The second-order valence-corrected chi connectivity index (χ2v) is 6.88. The van der Waals surface area contributed by atoms with Crippen molar-refractivity contribution in [3.8, 4) is 0 Å². The smallest absolute Gasteiger partial charge is 0.259 e. The van der Waals surface area contributed by atoms with Crippen LogP contribution in [0.4, 0.5) is 0 Å². The summed E-state index contributed by atoms with van der Waals surface area (Å²) < 4.78 is 16.5. The quantitative estimate of drug-likeness (QED) is 0.851. The zero-order valence-corrected chi connectivity index (χ0v) is 14.3. The number of hydrogen-bond acceptors (Lipinski definition) is 5. The van der Waals surface area contributed by atoms with Crippen molar-refractivity contribution in [3.05, 3.63) is 17.0 Å². The highest BCUT2D eigenvalue weighted by Crippen LogP contribution is 2.39. The molecule has 1 spiro atoms. The van der Waals surface area contributed by atoms with Crippen LogP contribution in [0, 0.1) is 19.8 Å². The normalized spacial score (nSPS) is 27.8. The fraction of sp³-hybridized carbons (Fsp3) is 0.765. The van der Waals surface area contributed by atoms with Gasteiger partial charge in [0, 0.05) is 26.8 Å². The van der Waals surface area contributed by atoms with E-state index in [0.29, 0.717) is 29.5 Å². The molecule has 2 atom stereocenters. The summed E-state index contributed by atoms with van der Waals surface area (Å²) in [4.78, 5) is 14.8. The van der Waals surface area contributed by atoms with E-state index in [9.17, 15) is 4.79 Å². The lowest BCUT2D eigenvalue weighted by molar-refractivity contribution is -0.0451. The van der Waals surface area contributed by atoms with Gasteiger partial charge in [0.25, 0.3) is 5.91 Å². The highest BCUT2D eigenvalue weighted by Gasteiger charge is 2.44. The molecule has 2 aliphatic rings. The number of ether oxygens (including phenoxy) is 2. The van der Waals surface area contributed by atoms with Crippen molar-refractivity contribution in [3.63, 3.8) is 0 Å². The maximum Gasteiger partial charge on any atom is 0.259 e. The lowest BCUT2D eigenvalue weighted by atomic mass is 9.85. The molecule has 0 aromatic carbocycles. The third-order valence-electron chi connectivity index (χ3n) is 5.09. The summed E-state index contributed by atoms with van der Waals surface area (Å²) in [6, 6.07) is 0. The molecule has 1 aromatic rings. The van der Waals surface area contributed by atoms with Gasteiger partial charge in [-0.1, -0.05) is 5.16 Å². The number of amides is 1. The number of methoxy groups -OCH3 is 1. The molecule has 2 saturated heterocycles. The second kappa shape index (κ2) is 6.61. The summed E-state index contributed by atoms with van der Waals surface area (Å²) in [6.07, 6.45) is 4.05. The molecule has 0 bridgehead atoms. The van der Waals surface area contributed by atoms with E-state index in [1.54, 1.807) is 14.0 Å². The number of aryl methyl sites for hydroxylation is 2. The van der Waals surface area contributed by atoms with Crippen molar-refractivity contribution in [2.24, 2.45) is 5.92 Å². The number of rotatable bonds is 4. The fourth-order valence-electron chi connectivity index (χ4n) is 3.91. The second-order valence-electron chi connectivity index (χ2n) is 6.88. The molecule has 6 nitrogen and oxygen atoms in total. The minimum absolute atomic E-state index is 0.0178. The fourth-order valence-corrected chi connectivity index (χ4v) is 3.91. The Labute approximate surface area is 137 Å². The van der Waals surface area contributed by atoms with Gasteiger partial charge in [-0.05, 0) is 45.4 Å². The number of likely N-dealkylation sites (tertiary alicyclic amines) is 1. The molecule has 2 aliphatic heterocycles. The van der Waals surface area contributed by atoms with Crippen LogP contribution in [-0.4, -0.2) is 55.0 Å². The Bertz CT molecular complexity index is 551. The minimum atomic E-state index is -0.175. The van der Waals surface area contributed by atoms with E-state index in [-0.39, 0.29) is 11.5 Å². The lowest BCUT2D eigenvalue weighted by Crippen LogP contribution is -2.50. The van der Waals surface area contributed by atoms with Crippen LogP contribution in [0.3, 0.4) is 0 Å². The zero-order valence-electron chi connectivity index (χ0n) is 14.3. The van der Waals surface area contributed by atoms with Crippen molar-refractivity contribution in [2.75, 3.05) is 33.4 Å². The van der Waals surface area contributed by atoms with Gasteiger partial charge in [-0.3, -0.25) is 4.79 Å². The summed E-state index contributed by atoms with van der Waals surface area (Å²) in [6.45, 7) is 6.59. The standard InChI is InChI=1S/C17H26N2O4/c1-12-15(13(2)23-18-12)16(20)19-7-4-6-17(11-19)9-14(10-22-17)5-8-21-3/h14H,4-11H2,1-3H3. The van der Waals surface area contributed by atoms with Gasteiger partial charge in [-0.2, -0.15) is 0 Å². The summed E-state index contributed by atoms with van der Waals surface area (Å²) in [5, 5.41) is 3.90. The number of aromatic nitrogens is 1. The molecular weight excluding hydrogens is 296 g/mol. The van der Waals surface area contributed by atoms with Gasteiger partial charge in [0.15, 0.2) is 0 Å². The van der Waals surface area contributed by atoms with Crippen molar-refractivity contribution in [1.29, 1.82) is 0 Å². The molecule has 6 heteroatoms. The third-order valence-corrected chi connectivity index (χ3v) is 5.09. The lowest BCUT2D eigenvalue weighted by Gasteiger charge is -2.39. The first-order valence-electron chi connectivity index (χ1n) is 8.40. The Balaban J connectivity index is 1.68. The number of nitrogens with zero attached hydrogens (tertiary/aromatic N) is 2. The molecule has 0 N–H and O–H groups in total. The van der Waals surface area contributed by atoms with Crippen LogP contribution >= 0.6 is 0 Å². The number of hydrogen-bond donors (Lipinski definition) is 0. The van der Waals surface area contributed by atoms with Gasteiger partial charge >= 0.3 is 0 Å². The Morgan fingerprint density at radius 3 is 3.00 bits per heavy atom. The first-order chi connectivity index (χ1) is 11.0. The zero-order chi connectivity index (χ0) is 16.4. The Morgan fingerprint density at radius 1 is 1.48 bits per heavy atom. The summed E-state index contributed by atoms with van der Waals surface area (Å²) in [7, 11) is 1.73. The van der Waals surface area contributed by atoms with Gasteiger partial charge in [0.05, 0.1) is 17.9 Å². The van der Waals surface area contributed by atoms with Gasteiger partial charge in [0.1, 0.15) is 11.3 Å². The van der Waals surface area contributed by atoms with Gasteiger partial charge in [0.2, 0.25) is 0 Å². The molecule has 3 rings (SSSR count). The molecule has 0 aliphatic carbocycles. The largest absolute Gasteiger partial charge is 0.385 e. The molecule has 2 fully saturated rings. The molecule has 128 valence electrons. The first kappa shape index (κ1) is 16.5. The summed E-state index contributed by atoms with van der Waals surface area (Å²) in [5.41, 5.74) is 1.10. The molecule has 0 radical (unpaired) electrons. The molecule has 3 heterocycles. The van der Waals surface area contributed by atoms with Gasteiger partial charge in [-0.15, -0.1) is 0 Å². The van der Waals surface area contributed by atoms with Crippen LogP contribution in [0.2, 0.25) is 0 Å². The van der Waals surface area contributed by atoms with E-state index in [0.717, 1.165) is 45.4 Å². The average Bonchev–Trinajstić information content (AvgIpc) is 3.08. The van der Waals surface area contributed by atoms with Crippen LogP contribution in [0.1, 0.15) is 47.5 Å². The maximum atomic E-state index is 12.8. The van der Waals surface area contributed by atoms with E-state index in [2.05, 4.69) is 5.16 Å². The van der Waals surface area contributed by atoms with Crippen LogP contribution in [-0.2, 0) is 9.47 Å². The molecule has 23 heavy (non-hydrogen) atoms. The Kier molecular flexibility index (Phi) is 4.73. The first-order valence-corrected chi connectivity index (χ1v) is 8.40. The molecular formula is C17H26N2O4. The maximum absolute atomic E-state index is 12.8. The SMILES string of the molecule is COCCC1COC2(CCCN(C(=O)c3c(C)noc3C)C2)C1. The molecule has 1 aromatic heterocycles. The van der Waals surface area contributed by atoms with Crippen LogP contribution in [0.15, 0.2) is 4.52 Å². The van der Waals surface area contributed by atoms with Crippen molar-refractivity contribution < 1.29 is 18.8 Å². The van der Waals surface area contributed by atoms with Gasteiger partial charge < -0.3 is 18.9 Å². The van der Waals surface area contributed by atoms with Crippen molar-refractivity contribution >= 4 is 5.91 Å². The highest BCUT2D eigenvalue weighted by atomic mass is 16.5. The van der Waals surface area contributed by atoms with Crippen molar-refractivity contribution in [1.82, 2.24) is 10.1 Å². The third kappa shape index (κ3) is 3.28. The van der Waals surface area contributed by atoms with Gasteiger partial charge in [-0.25, -0.2) is 0 Å². The number of piperidine rings is 1. The van der Waals surface area contributed by atoms with Crippen molar-refractivity contribution in [2.45, 2.75) is 45.1 Å². The predicted molar refractivity (Wildman–Crippen MR) is 84.4 cm³/mol. The Hall–Kier alpha value is -1.40. The van der Waals surface area contributed by atoms with Crippen LogP contribution in [0.5, 0.6) is 0 Å². The van der Waals surface area contributed by atoms with E-state index >= 15 is 0 Å². The van der Waals surface area contributed by atoms with Crippen LogP contribution in [0.25, 0.3) is 0 Å². The molecule has 0 saturated carbocycles. The predicted octanol–water partition coefficient (Wildman–Crippen LogP) is 2.34. The minimum Gasteiger partial charge on any atom is -0.385 e. The Morgan fingerprint density at radius 2 is 2.30 bits per heavy atom. The number of carbonyl (C=O) groups excluding carboxylic acids is 1. The average molecular weight is 322 g/mol. The van der Waals surface area contributed by atoms with E-state index in [4.69, 9.17) is 14.0 Å². The number of carbonyl (C=O) groups is 1. The highest BCUT2D eigenvalue weighted by molar-refractivity contribution is 5.96. The van der Waals surface area contributed by atoms with E-state index < -0.39 is 0 Å². The summed E-state index contributed by atoms with van der Waals surface area (Å²) in [5.74, 6) is 1.14.